The minimum atomic E-state index is 0.0502. The second kappa shape index (κ2) is 9.23. The van der Waals surface area contributed by atoms with Crippen LogP contribution in [0.15, 0.2) is 35.4 Å². The van der Waals surface area contributed by atoms with Gasteiger partial charge in [0.15, 0.2) is 5.13 Å². The van der Waals surface area contributed by atoms with Crippen molar-refractivity contribution in [3.05, 3.63) is 51.8 Å². The molecule has 1 aliphatic rings. The first-order chi connectivity index (χ1) is 14.2. The number of hydrogen-bond donors (Lipinski definition) is 1. The van der Waals surface area contributed by atoms with Crippen LogP contribution in [0.1, 0.15) is 29.2 Å². The summed E-state index contributed by atoms with van der Waals surface area (Å²) >= 11 is 3.12. The molecule has 1 fully saturated rings. The number of piperidine rings is 1. The number of aryl methyl sites for hydroxylation is 1. The highest BCUT2D eigenvalue weighted by atomic mass is 32.1. The van der Waals surface area contributed by atoms with Crippen molar-refractivity contribution >= 4 is 45.6 Å². The molecule has 0 spiro atoms. The Balaban J connectivity index is 1.35. The molecule has 1 saturated heterocycles. The Morgan fingerprint density at radius 2 is 2.28 bits per heavy atom. The Morgan fingerprint density at radius 3 is 3.07 bits per heavy atom. The van der Waals surface area contributed by atoms with Crippen LogP contribution < -0.4 is 5.32 Å². The monoisotopic (exact) mass is 426 g/mol. The van der Waals surface area contributed by atoms with Gasteiger partial charge in [-0.1, -0.05) is 0 Å². The van der Waals surface area contributed by atoms with Gasteiger partial charge < -0.3 is 10.2 Å². The molecule has 3 aromatic heterocycles. The van der Waals surface area contributed by atoms with E-state index in [1.165, 1.54) is 11.3 Å². The topological polar surface area (TPSA) is 83.9 Å². The maximum Gasteiger partial charge on any atom is 0.246 e. The van der Waals surface area contributed by atoms with Gasteiger partial charge in [-0.25, -0.2) is 19.9 Å². The van der Waals surface area contributed by atoms with E-state index in [0.29, 0.717) is 5.92 Å². The molecule has 150 valence electrons. The van der Waals surface area contributed by atoms with Gasteiger partial charge in [0.25, 0.3) is 0 Å². The highest BCUT2D eigenvalue weighted by molar-refractivity contribution is 7.13. The molecule has 1 N–H and O–H groups in total. The predicted molar refractivity (Wildman–Crippen MR) is 116 cm³/mol. The van der Waals surface area contributed by atoms with Crippen LogP contribution in [0.4, 0.5) is 10.9 Å². The molecule has 0 unspecified atom stereocenters. The number of anilines is 2. The lowest BCUT2D eigenvalue weighted by atomic mass is 9.93. The lowest BCUT2D eigenvalue weighted by Crippen LogP contribution is -2.39. The van der Waals surface area contributed by atoms with Crippen LogP contribution in [-0.2, 0) is 11.2 Å². The molecule has 29 heavy (non-hydrogen) atoms. The molecule has 3 aromatic rings. The van der Waals surface area contributed by atoms with E-state index in [4.69, 9.17) is 0 Å². The van der Waals surface area contributed by atoms with E-state index < -0.39 is 0 Å². The van der Waals surface area contributed by atoms with Crippen LogP contribution in [0, 0.1) is 12.8 Å². The number of nitrogens with zero attached hydrogens (tertiary/aromatic N) is 5. The number of carbonyl (C=O) groups excluding carboxylic acids is 1. The fourth-order valence-electron chi connectivity index (χ4n) is 3.42. The fraction of sp³-hybridized carbons (Fsp3) is 0.350. The van der Waals surface area contributed by atoms with Crippen LogP contribution in [0.25, 0.3) is 6.08 Å². The third kappa shape index (κ3) is 5.45. The average Bonchev–Trinajstić information content (AvgIpc) is 3.38. The number of thiazole rings is 2. The van der Waals surface area contributed by atoms with Gasteiger partial charge in [0.2, 0.25) is 5.91 Å². The van der Waals surface area contributed by atoms with Crippen LogP contribution in [0.5, 0.6) is 0 Å². The highest BCUT2D eigenvalue weighted by Crippen LogP contribution is 2.22. The van der Waals surface area contributed by atoms with Gasteiger partial charge in [-0.05, 0) is 38.2 Å². The Bertz CT molecular complexity index is 985. The standard InChI is InChI=1S/C20H22N6OS2/c1-14-24-16(12-29-14)4-5-19(27)26-7-2-3-15(11-26)9-17-10-18(23-13-22-17)25-20-21-6-8-28-20/h4-6,8,10,12-13,15H,2-3,7,9,11H2,1H3,(H,21,22,23,25)/b5-4+/t15-/m0/s1. The number of aromatic nitrogens is 4. The van der Waals surface area contributed by atoms with Crippen molar-refractivity contribution in [1.29, 1.82) is 0 Å². The van der Waals surface area contributed by atoms with Crippen molar-refractivity contribution in [3.8, 4) is 0 Å². The Morgan fingerprint density at radius 1 is 1.34 bits per heavy atom. The van der Waals surface area contributed by atoms with Crippen molar-refractivity contribution in [2.24, 2.45) is 5.92 Å². The predicted octanol–water partition coefficient (Wildman–Crippen LogP) is 3.94. The van der Waals surface area contributed by atoms with E-state index in [1.807, 2.05) is 28.7 Å². The minimum Gasteiger partial charge on any atom is -0.339 e. The molecule has 7 nitrogen and oxygen atoms in total. The molecule has 0 aromatic carbocycles. The first kappa shape index (κ1) is 19.7. The molecule has 0 saturated carbocycles. The number of likely N-dealkylation sites (tertiary alicyclic amines) is 1. The molecule has 4 heterocycles. The third-order valence-electron chi connectivity index (χ3n) is 4.75. The molecule has 1 atom stereocenters. The Kier molecular flexibility index (Phi) is 6.26. The highest BCUT2D eigenvalue weighted by Gasteiger charge is 2.23. The fourth-order valence-corrected chi connectivity index (χ4v) is 4.54. The summed E-state index contributed by atoms with van der Waals surface area (Å²) in [5.74, 6) is 1.19. The number of amides is 1. The van der Waals surface area contributed by atoms with E-state index in [9.17, 15) is 4.79 Å². The van der Waals surface area contributed by atoms with Gasteiger partial charge in [-0.2, -0.15) is 0 Å². The van der Waals surface area contributed by atoms with Gasteiger partial charge in [-0.15, -0.1) is 22.7 Å². The van der Waals surface area contributed by atoms with Gasteiger partial charge >= 0.3 is 0 Å². The number of carbonyl (C=O) groups is 1. The molecular weight excluding hydrogens is 404 g/mol. The van der Waals surface area contributed by atoms with E-state index in [-0.39, 0.29) is 5.91 Å². The van der Waals surface area contributed by atoms with E-state index in [2.05, 4.69) is 25.3 Å². The maximum absolute atomic E-state index is 12.6. The zero-order valence-electron chi connectivity index (χ0n) is 16.1. The van der Waals surface area contributed by atoms with Crippen molar-refractivity contribution in [3.63, 3.8) is 0 Å². The molecule has 1 amide bonds. The Hall–Kier alpha value is -2.65. The van der Waals surface area contributed by atoms with Gasteiger partial charge in [0.1, 0.15) is 12.1 Å². The summed E-state index contributed by atoms with van der Waals surface area (Å²) in [6.45, 7) is 3.51. The van der Waals surface area contributed by atoms with Gasteiger partial charge in [0.05, 0.1) is 10.7 Å². The number of hydrogen-bond acceptors (Lipinski definition) is 8. The summed E-state index contributed by atoms with van der Waals surface area (Å²) in [5, 5.41) is 8.90. The summed E-state index contributed by atoms with van der Waals surface area (Å²) in [4.78, 5) is 31.8. The summed E-state index contributed by atoms with van der Waals surface area (Å²) in [7, 11) is 0. The molecule has 1 aliphatic heterocycles. The lowest BCUT2D eigenvalue weighted by Gasteiger charge is -2.32. The van der Waals surface area contributed by atoms with Crippen LogP contribution in [-0.4, -0.2) is 43.8 Å². The number of rotatable bonds is 6. The van der Waals surface area contributed by atoms with Gasteiger partial charge in [-0.3, -0.25) is 4.79 Å². The third-order valence-corrected chi connectivity index (χ3v) is 6.23. The maximum atomic E-state index is 12.6. The molecular formula is C20H22N6OS2. The zero-order chi connectivity index (χ0) is 20.1. The SMILES string of the molecule is Cc1nc(/C=C/C(=O)N2CCC[C@@H](Cc3cc(Nc4nccs4)ncn3)C2)cs1. The van der Waals surface area contributed by atoms with Gasteiger partial charge in [0, 0.05) is 47.9 Å². The summed E-state index contributed by atoms with van der Waals surface area (Å²) in [5.41, 5.74) is 1.82. The minimum absolute atomic E-state index is 0.0502. The average molecular weight is 427 g/mol. The summed E-state index contributed by atoms with van der Waals surface area (Å²) < 4.78 is 0. The van der Waals surface area contributed by atoms with Crippen LogP contribution in [0.3, 0.4) is 0 Å². The quantitative estimate of drug-likeness (QED) is 0.601. The normalized spacial score (nSPS) is 17.0. The van der Waals surface area contributed by atoms with Crippen molar-refractivity contribution < 1.29 is 4.79 Å². The van der Waals surface area contributed by atoms with E-state index in [0.717, 1.165) is 59.7 Å². The second-order valence-corrected chi connectivity index (χ2v) is 8.93. The molecule has 0 bridgehead atoms. The van der Waals surface area contributed by atoms with Crippen molar-refractivity contribution in [2.45, 2.75) is 26.2 Å². The smallest absolute Gasteiger partial charge is 0.246 e. The lowest BCUT2D eigenvalue weighted by molar-refractivity contribution is -0.127. The van der Waals surface area contributed by atoms with E-state index in [1.54, 1.807) is 36.0 Å². The summed E-state index contributed by atoms with van der Waals surface area (Å²) in [6.07, 6.45) is 9.71. The number of nitrogens with one attached hydrogen (secondary N) is 1. The Labute approximate surface area is 177 Å². The van der Waals surface area contributed by atoms with Crippen LogP contribution >= 0.6 is 22.7 Å². The second-order valence-electron chi connectivity index (χ2n) is 6.98. The van der Waals surface area contributed by atoms with Crippen LogP contribution in [0.2, 0.25) is 0 Å². The molecule has 0 radical (unpaired) electrons. The molecule has 0 aliphatic carbocycles. The van der Waals surface area contributed by atoms with Crippen molar-refractivity contribution in [1.82, 2.24) is 24.8 Å². The summed E-state index contributed by atoms with van der Waals surface area (Å²) in [6, 6.07) is 1.96. The van der Waals surface area contributed by atoms with Crippen molar-refractivity contribution in [2.75, 3.05) is 18.4 Å². The molecule has 9 heteroatoms. The zero-order valence-corrected chi connectivity index (χ0v) is 17.7. The first-order valence-electron chi connectivity index (χ1n) is 9.52. The van der Waals surface area contributed by atoms with E-state index >= 15 is 0 Å². The molecule has 4 rings (SSSR count). The first-order valence-corrected chi connectivity index (χ1v) is 11.3. The largest absolute Gasteiger partial charge is 0.339 e.